The van der Waals surface area contributed by atoms with Crippen molar-refractivity contribution in [1.29, 1.82) is 0 Å². The van der Waals surface area contributed by atoms with E-state index in [2.05, 4.69) is 5.32 Å². The van der Waals surface area contributed by atoms with E-state index in [0.717, 1.165) is 0 Å². The van der Waals surface area contributed by atoms with Crippen LogP contribution in [0.15, 0.2) is 18.2 Å². The third kappa shape index (κ3) is 4.42. The number of nitrogens with two attached hydrogens (primary N) is 1. The standard InChI is InChI=1S/C11H15ClN2O2.ClH/c1-7(6-13)14-11(15)9-5-8(12)3-4-10(9)16-2;/h3-5,7H,6,13H2,1-2H3,(H,14,15);1H/t7-;/m0./s1. The number of rotatable bonds is 4. The van der Waals surface area contributed by atoms with E-state index in [1.807, 2.05) is 6.92 Å². The fourth-order valence-electron chi connectivity index (χ4n) is 1.22. The first-order chi connectivity index (χ1) is 7.58. The number of hydrogen-bond donors (Lipinski definition) is 2. The van der Waals surface area contributed by atoms with Crippen LogP contribution in [0.1, 0.15) is 17.3 Å². The number of benzene rings is 1. The topological polar surface area (TPSA) is 64.3 Å². The minimum absolute atomic E-state index is 0. The second kappa shape index (κ2) is 7.37. The molecule has 1 amide bonds. The number of amides is 1. The van der Waals surface area contributed by atoms with Gasteiger partial charge in [0.2, 0.25) is 0 Å². The van der Waals surface area contributed by atoms with Crippen LogP contribution in [0.3, 0.4) is 0 Å². The van der Waals surface area contributed by atoms with Crippen molar-refractivity contribution in [1.82, 2.24) is 5.32 Å². The lowest BCUT2D eigenvalue weighted by molar-refractivity contribution is 0.0938. The van der Waals surface area contributed by atoms with Gasteiger partial charge in [-0.05, 0) is 25.1 Å². The Bertz CT molecular complexity index is 386. The molecule has 0 aliphatic heterocycles. The molecule has 0 spiro atoms. The number of nitrogens with one attached hydrogen (secondary N) is 1. The van der Waals surface area contributed by atoms with Crippen LogP contribution in [-0.2, 0) is 0 Å². The monoisotopic (exact) mass is 278 g/mol. The average Bonchev–Trinajstić information content (AvgIpc) is 2.28. The van der Waals surface area contributed by atoms with Crippen molar-refractivity contribution in [3.63, 3.8) is 0 Å². The fraction of sp³-hybridized carbons (Fsp3) is 0.364. The van der Waals surface area contributed by atoms with Gasteiger partial charge in [-0.25, -0.2) is 0 Å². The summed E-state index contributed by atoms with van der Waals surface area (Å²) in [6.45, 7) is 2.21. The predicted molar refractivity (Wildman–Crippen MR) is 71.2 cm³/mol. The zero-order chi connectivity index (χ0) is 12.1. The number of halogens is 2. The largest absolute Gasteiger partial charge is 0.496 e. The Balaban J connectivity index is 0.00000256. The lowest BCUT2D eigenvalue weighted by Gasteiger charge is -2.13. The van der Waals surface area contributed by atoms with Gasteiger partial charge in [-0.2, -0.15) is 0 Å². The molecule has 96 valence electrons. The van der Waals surface area contributed by atoms with Gasteiger partial charge in [-0.1, -0.05) is 11.6 Å². The summed E-state index contributed by atoms with van der Waals surface area (Å²) in [5.41, 5.74) is 5.84. The molecule has 1 rings (SSSR count). The molecule has 0 aromatic heterocycles. The van der Waals surface area contributed by atoms with Crippen LogP contribution >= 0.6 is 24.0 Å². The van der Waals surface area contributed by atoms with Crippen LogP contribution in [-0.4, -0.2) is 25.6 Å². The smallest absolute Gasteiger partial charge is 0.255 e. The Morgan fingerprint density at radius 2 is 2.24 bits per heavy atom. The van der Waals surface area contributed by atoms with Crippen LogP contribution in [0.2, 0.25) is 5.02 Å². The molecule has 0 radical (unpaired) electrons. The summed E-state index contributed by atoms with van der Waals surface area (Å²) in [5.74, 6) is 0.253. The fourth-order valence-corrected chi connectivity index (χ4v) is 1.39. The van der Waals surface area contributed by atoms with Gasteiger partial charge >= 0.3 is 0 Å². The van der Waals surface area contributed by atoms with Crippen molar-refractivity contribution in [2.45, 2.75) is 13.0 Å². The molecule has 17 heavy (non-hydrogen) atoms. The van der Waals surface area contributed by atoms with E-state index < -0.39 is 0 Å². The predicted octanol–water partition coefficient (Wildman–Crippen LogP) is 1.85. The Kier molecular flexibility index (Phi) is 6.95. The minimum Gasteiger partial charge on any atom is -0.496 e. The minimum atomic E-state index is -0.239. The van der Waals surface area contributed by atoms with Crippen LogP contribution in [0.5, 0.6) is 5.75 Å². The summed E-state index contributed by atoms with van der Waals surface area (Å²) < 4.78 is 5.09. The van der Waals surface area contributed by atoms with E-state index in [0.29, 0.717) is 22.9 Å². The normalized spacial score (nSPS) is 11.3. The Labute approximate surface area is 112 Å². The molecule has 6 heteroatoms. The summed E-state index contributed by atoms with van der Waals surface area (Å²) in [6, 6.07) is 4.81. The lowest BCUT2D eigenvalue weighted by atomic mass is 10.1. The molecule has 0 saturated heterocycles. The molecule has 0 saturated carbocycles. The number of carbonyl (C=O) groups excluding carboxylic acids is 1. The number of methoxy groups -OCH3 is 1. The molecule has 4 nitrogen and oxygen atoms in total. The molecular formula is C11H16Cl2N2O2. The quantitative estimate of drug-likeness (QED) is 0.884. The zero-order valence-corrected chi connectivity index (χ0v) is 11.3. The van der Waals surface area contributed by atoms with Crippen molar-refractivity contribution < 1.29 is 9.53 Å². The van der Waals surface area contributed by atoms with Gasteiger partial charge in [0.25, 0.3) is 5.91 Å². The molecule has 0 bridgehead atoms. The molecule has 0 unspecified atom stereocenters. The zero-order valence-electron chi connectivity index (χ0n) is 9.70. The summed E-state index contributed by atoms with van der Waals surface area (Å²) in [6.07, 6.45) is 0. The Morgan fingerprint density at radius 1 is 1.59 bits per heavy atom. The third-order valence-corrected chi connectivity index (χ3v) is 2.37. The number of carbonyl (C=O) groups is 1. The van der Waals surface area contributed by atoms with Crippen molar-refractivity contribution >= 4 is 29.9 Å². The van der Waals surface area contributed by atoms with E-state index in [-0.39, 0.29) is 24.4 Å². The molecule has 0 aliphatic carbocycles. The SMILES string of the molecule is COc1ccc(Cl)cc1C(=O)N[C@@H](C)CN.Cl. The van der Waals surface area contributed by atoms with Crippen molar-refractivity contribution in [2.24, 2.45) is 5.73 Å². The van der Waals surface area contributed by atoms with Gasteiger partial charge in [0.1, 0.15) is 5.75 Å². The van der Waals surface area contributed by atoms with Crippen LogP contribution < -0.4 is 15.8 Å². The molecule has 0 fully saturated rings. The average molecular weight is 279 g/mol. The van der Waals surface area contributed by atoms with Crippen LogP contribution in [0, 0.1) is 0 Å². The molecule has 1 aromatic carbocycles. The molecule has 0 heterocycles. The molecule has 1 atom stereocenters. The van der Waals surface area contributed by atoms with Crippen molar-refractivity contribution in [3.05, 3.63) is 28.8 Å². The highest BCUT2D eigenvalue weighted by molar-refractivity contribution is 6.31. The number of hydrogen-bond acceptors (Lipinski definition) is 3. The first kappa shape index (κ1) is 16.0. The summed E-state index contributed by atoms with van der Waals surface area (Å²) >= 11 is 5.83. The molecule has 3 N–H and O–H groups in total. The van der Waals surface area contributed by atoms with Gasteiger partial charge in [0.05, 0.1) is 12.7 Å². The Hall–Kier alpha value is -0.970. The first-order valence-corrected chi connectivity index (χ1v) is 5.30. The van der Waals surface area contributed by atoms with E-state index in [1.165, 1.54) is 7.11 Å². The van der Waals surface area contributed by atoms with E-state index in [1.54, 1.807) is 18.2 Å². The molecule has 0 aliphatic rings. The third-order valence-electron chi connectivity index (χ3n) is 2.14. The van der Waals surface area contributed by atoms with Gasteiger partial charge in [0, 0.05) is 17.6 Å². The van der Waals surface area contributed by atoms with E-state index in [9.17, 15) is 4.79 Å². The highest BCUT2D eigenvalue weighted by Crippen LogP contribution is 2.22. The van der Waals surface area contributed by atoms with Crippen LogP contribution in [0.4, 0.5) is 0 Å². The second-order valence-corrected chi connectivity index (χ2v) is 3.89. The van der Waals surface area contributed by atoms with Crippen molar-refractivity contribution in [2.75, 3.05) is 13.7 Å². The van der Waals surface area contributed by atoms with E-state index >= 15 is 0 Å². The summed E-state index contributed by atoms with van der Waals surface area (Å²) in [7, 11) is 1.51. The summed E-state index contributed by atoms with van der Waals surface area (Å²) in [5, 5.41) is 3.24. The second-order valence-electron chi connectivity index (χ2n) is 3.45. The maximum atomic E-state index is 11.8. The highest BCUT2D eigenvalue weighted by Gasteiger charge is 2.14. The maximum Gasteiger partial charge on any atom is 0.255 e. The molecule has 1 aromatic rings. The van der Waals surface area contributed by atoms with Gasteiger partial charge in [-0.3, -0.25) is 4.79 Å². The highest BCUT2D eigenvalue weighted by atomic mass is 35.5. The van der Waals surface area contributed by atoms with Crippen LogP contribution in [0.25, 0.3) is 0 Å². The van der Waals surface area contributed by atoms with Crippen molar-refractivity contribution in [3.8, 4) is 5.75 Å². The number of ether oxygens (including phenoxy) is 1. The van der Waals surface area contributed by atoms with Gasteiger partial charge in [0.15, 0.2) is 0 Å². The summed E-state index contributed by atoms with van der Waals surface area (Å²) in [4.78, 5) is 11.8. The lowest BCUT2D eigenvalue weighted by Crippen LogP contribution is -2.37. The first-order valence-electron chi connectivity index (χ1n) is 4.93. The maximum absolute atomic E-state index is 11.8. The van der Waals surface area contributed by atoms with Gasteiger partial charge < -0.3 is 15.8 Å². The van der Waals surface area contributed by atoms with Gasteiger partial charge in [-0.15, -0.1) is 12.4 Å². The molecular weight excluding hydrogens is 263 g/mol. The Morgan fingerprint density at radius 3 is 2.76 bits per heavy atom. The van der Waals surface area contributed by atoms with E-state index in [4.69, 9.17) is 22.1 Å².